The number of likely N-dealkylation sites (N-methyl/N-ethyl adjacent to an activating group) is 1. The first kappa shape index (κ1) is 23.0. The molecule has 8 nitrogen and oxygen atoms in total. The number of nitrogens with zero attached hydrogens (tertiary/aromatic N) is 2. The van der Waals surface area contributed by atoms with Gasteiger partial charge in [0.05, 0.1) is 30.6 Å². The summed E-state index contributed by atoms with van der Waals surface area (Å²) in [5, 5.41) is 2.86. The molecule has 1 N–H and O–H groups in total. The number of benzene rings is 2. The molecule has 1 aromatic heterocycles. The maximum Gasteiger partial charge on any atom is 0.253 e. The van der Waals surface area contributed by atoms with Crippen molar-refractivity contribution >= 4 is 17.5 Å². The Hall–Kier alpha value is -3.78. The quantitative estimate of drug-likeness (QED) is 0.560. The molecule has 1 atom stereocenters. The Bertz CT molecular complexity index is 1190. The normalized spacial score (nSPS) is 17.2. The molecule has 0 bridgehead atoms. The second-order valence-electron chi connectivity index (χ2n) is 8.76. The van der Waals surface area contributed by atoms with Gasteiger partial charge in [-0.05, 0) is 61.3 Å². The van der Waals surface area contributed by atoms with Crippen molar-refractivity contribution in [2.24, 2.45) is 0 Å². The molecule has 0 radical (unpaired) electrons. The maximum atomic E-state index is 13.3. The lowest BCUT2D eigenvalue weighted by atomic mass is 10.0. The number of fused-ring (bicyclic) bond motifs is 1. The van der Waals surface area contributed by atoms with Gasteiger partial charge in [-0.2, -0.15) is 0 Å². The van der Waals surface area contributed by atoms with Gasteiger partial charge in [-0.3, -0.25) is 14.5 Å². The van der Waals surface area contributed by atoms with Crippen molar-refractivity contribution in [2.75, 3.05) is 38.3 Å². The van der Waals surface area contributed by atoms with Crippen molar-refractivity contribution in [1.82, 2.24) is 10.2 Å². The van der Waals surface area contributed by atoms with Crippen LogP contribution < -0.4 is 19.7 Å². The molecule has 5 rings (SSSR count). The van der Waals surface area contributed by atoms with Crippen LogP contribution in [0.5, 0.6) is 11.5 Å². The first-order chi connectivity index (χ1) is 17.1. The average molecular weight is 476 g/mol. The van der Waals surface area contributed by atoms with Crippen LogP contribution in [0.3, 0.4) is 0 Å². The topological polar surface area (TPSA) is 84.2 Å². The molecule has 1 saturated heterocycles. The van der Waals surface area contributed by atoms with E-state index in [0.717, 1.165) is 36.4 Å². The fraction of sp³-hybridized carbons (Fsp3) is 0.333. The van der Waals surface area contributed by atoms with Crippen molar-refractivity contribution in [3.05, 3.63) is 77.7 Å². The number of rotatable bonds is 7. The fourth-order valence-corrected chi connectivity index (χ4v) is 4.71. The molecule has 3 aromatic rings. The number of furan rings is 1. The Morgan fingerprint density at radius 1 is 1.06 bits per heavy atom. The highest BCUT2D eigenvalue weighted by molar-refractivity contribution is 6.05. The van der Waals surface area contributed by atoms with Crippen LogP contribution in [0.25, 0.3) is 0 Å². The van der Waals surface area contributed by atoms with Crippen molar-refractivity contribution in [2.45, 2.75) is 25.4 Å². The van der Waals surface area contributed by atoms with Crippen LogP contribution in [-0.2, 0) is 11.3 Å². The van der Waals surface area contributed by atoms with Gasteiger partial charge in [-0.1, -0.05) is 18.2 Å². The lowest BCUT2D eigenvalue weighted by molar-refractivity contribution is -0.119. The second kappa shape index (κ2) is 10.2. The third kappa shape index (κ3) is 5.02. The molecule has 3 heterocycles. The van der Waals surface area contributed by atoms with Crippen LogP contribution >= 0.6 is 0 Å². The van der Waals surface area contributed by atoms with Gasteiger partial charge in [0, 0.05) is 13.1 Å². The summed E-state index contributed by atoms with van der Waals surface area (Å²) in [5.74, 6) is 1.87. The summed E-state index contributed by atoms with van der Waals surface area (Å²) in [6.45, 7) is 2.48. The molecule has 2 amide bonds. The van der Waals surface area contributed by atoms with E-state index < -0.39 is 0 Å². The number of hydrogen-bond donors (Lipinski definition) is 1. The van der Waals surface area contributed by atoms with E-state index in [1.807, 2.05) is 18.2 Å². The molecule has 0 saturated carbocycles. The van der Waals surface area contributed by atoms with Gasteiger partial charge in [-0.15, -0.1) is 0 Å². The minimum atomic E-state index is -0.257. The smallest absolute Gasteiger partial charge is 0.253 e. The van der Waals surface area contributed by atoms with E-state index in [1.165, 1.54) is 0 Å². The number of anilines is 1. The van der Waals surface area contributed by atoms with Crippen LogP contribution in [0.15, 0.2) is 65.3 Å². The highest BCUT2D eigenvalue weighted by Crippen LogP contribution is 2.38. The Morgan fingerprint density at radius 2 is 1.89 bits per heavy atom. The van der Waals surface area contributed by atoms with E-state index in [1.54, 1.807) is 48.5 Å². The SMILES string of the molecule is CN(C(=O)CN1CCCC1c1ccc2c(c1)OCCO2)c1ccccc1C(=O)NCc1ccco1. The molecule has 2 aliphatic heterocycles. The molecular weight excluding hydrogens is 446 g/mol. The van der Waals surface area contributed by atoms with Crippen LogP contribution in [0.2, 0.25) is 0 Å². The van der Waals surface area contributed by atoms with Crippen molar-refractivity contribution in [3.63, 3.8) is 0 Å². The number of ether oxygens (including phenoxy) is 2. The lowest BCUT2D eigenvalue weighted by Crippen LogP contribution is -2.39. The van der Waals surface area contributed by atoms with Gasteiger partial charge >= 0.3 is 0 Å². The summed E-state index contributed by atoms with van der Waals surface area (Å²) in [4.78, 5) is 30.0. The van der Waals surface area contributed by atoms with Gasteiger partial charge in [0.25, 0.3) is 5.91 Å². The van der Waals surface area contributed by atoms with E-state index in [4.69, 9.17) is 13.9 Å². The molecular formula is C27H29N3O5. The Morgan fingerprint density at radius 3 is 2.71 bits per heavy atom. The van der Waals surface area contributed by atoms with Crippen molar-refractivity contribution < 1.29 is 23.5 Å². The van der Waals surface area contributed by atoms with Gasteiger partial charge in [0.2, 0.25) is 5.91 Å². The van der Waals surface area contributed by atoms with E-state index in [9.17, 15) is 9.59 Å². The first-order valence-electron chi connectivity index (χ1n) is 11.9. The summed E-state index contributed by atoms with van der Waals surface area (Å²) in [7, 11) is 1.72. The largest absolute Gasteiger partial charge is 0.486 e. The first-order valence-corrected chi connectivity index (χ1v) is 11.9. The highest BCUT2D eigenvalue weighted by atomic mass is 16.6. The summed E-state index contributed by atoms with van der Waals surface area (Å²) in [6, 6.07) is 16.9. The third-order valence-electron chi connectivity index (χ3n) is 6.54. The van der Waals surface area contributed by atoms with Crippen LogP contribution in [0, 0.1) is 0 Å². The van der Waals surface area contributed by atoms with Crippen molar-refractivity contribution in [1.29, 1.82) is 0 Å². The summed E-state index contributed by atoms with van der Waals surface area (Å²) in [5.41, 5.74) is 2.14. The molecule has 0 spiro atoms. The van der Waals surface area contributed by atoms with E-state index >= 15 is 0 Å². The molecule has 1 fully saturated rings. The van der Waals surface area contributed by atoms with Gasteiger partial charge in [0.15, 0.2) is 11.5 Å². The van der Waals surface area contributed by atoms with Gasteiger partial charge in [0.1, 0.15) is 19.0 Å². The lowest BCUT2D eigenvalue weighted by Gasteiger charge is -2.28. The maximum absolute atomic E-state index is 13.3. The molecule has 0 aliphatic carbocycles. The highest BCUT2D eigenvalue weighted by Gasteiger charge is 2.30. The number of carbonyl (C=O) groups is 2. The number of hydrogen-bond acceptors (Lipinski definition) is 6. The minimum Gasteiger partial charge on any atom is -0.486 e. The zero-order chi connectivity index (χ0) is 24.2. The van der Waals surface area contributed by atoms with Gasteiger partial charge < -0.3 is 24.1 Å². The number of amides is 2. The standard InChI is InChI=1S/C27H29N3O5/c1-29(23-8-3-2-7-21(23)27(32)28-17-20-6-5-13-33-20)26(31)18-30-12-4-9-22(30)19-10-11-24-25(16-19)35-15-14-34-24/h2-3,5-8,10-11,13,16,22H,4,9,12,14-15,17-18H2,1H3,(H,28,32). The fourth-order valence-electron chi connectivity index (χ4n) is 4.71. The Kier molecular flexibility index (Phi) is 6.72. The molecule has 182 valence electrons. The monoisotopic (exact) mass is 475 g/mol. The summed E-state index contributed by atoms with van der Waals surface area (Å²) in [6.07, 6.45) is 3.56. The molecule has 1 unspecified atom stereocenters. The number of para-hydroxylation sites is 1. The zero-order valence-electron chi connectivity index (χ0n) is 19.7. The van der Waals surface area contributed by atoms with Crippen LogP contribution in [-0.4, -0.2) is 50.1 Å². The molecule has 2 aromatic carbocycles. The summed E-state index contributed by atoms with van der Waals surface area (Å²) >= 11 is 0. The predicted octanol–water partition coefficient (Wildman–Crippen LogP) is 3.78. The zero-order valence-corrected chi connectivity index (χ0v) is 19.7. The number of carbonyl (C=O) groups excluding carboxylic acids is 2. The van der Waals surface area contributed by atoms with E-state index in [-0.39, 0.29) is 30.9 Å². The molecule has 2 aliphatic rings. The molecule has 8 heteroatoms. The van der Waals surface area contributed by atoms with E-state index in [2.05, 4.69) is 16.3 Å². The number of likely N-dealkylation sites (tertiary alicyclic amines) is 1. The molecule has 35 heavy (non-hydrogen) atoms. The van der Waals surface area contributed by atoms with E-state index in [0.29, 0.717) is 30.2 Å². The second-order valence-corrected chi connectivity index (χ2v) is 8.76. The third-order valence-corrected chi connectivity index (χ3v) is 6.54. The van der Waals surface area contributed by atoms with Gasteiger partial charge in [-0.25, -0.2) is 0 Å². The minimum absolute atomic E-state index is 0.0688. The summed E-state index contributed by atoms with van der Waals surface area (Å²) < 4.78 is 16.7. The average Bonchev–Trinajstić information content (AvgIpc) is 3.59. The Labute approximate surface area is 204 Å². The van der Waals surface area contributed by atoms with Crippen LogP contribution in [0.1, 0.15) is 40.6 Å². The predicted molar refractivity (Wildman–Crippen MR) is 131 cm³/mol. The number of nitrogens with one attached hydrogen (secondary N) is 1. The van der Waals surface area contributed by atoms with Crippen LogP contribution in [0.4, 0.5) is 5.69 Å². The Balaban J connectivity index is 1.27. The van der Waals surface area contributed by atoms with Crippen molar-refractivity contribution in [3.8, 4) is 11.5 Å².